The summed E-state index contributed by atoms with van der Waals surface area (Å²) in [6.07, 6.45) is 0.0940. The molecule has 0 aliphatic carbocycles. The zero-order valence-corrected chi connectivity index (χ0v) is 9.24. The standard InChI is InChI=1S/C9H8BrFOS/c10-5-6(12)4-7-8(11)2-1-3-9(7)13/h1-3,13H,4-5H2. The number of Topliss-reactive ketones (excluding diaryl/α,β-unsaturated/α-hetero) is 1. The number of rotatable bonds is 3. The maximum Gasteiger partial charge on any atom is 0.147 e. The lowest BCUT2D eigenvalue weighted by Gasteiger charge is -2.03. The summed E-state index contributed by atoms with van der Waals surface area (Å²) < 4.78 is 13.1. The van der Waals surface area contributed by atoms with E-state index in [1.54, 1.807) is 12.1 Å². The predicted molar refractivity (Wildman–Crippen MR) is 56.2 cm³/mol. The minimum atomic E-state index is -0.373. The highest BCUT2D eigenvalue weighted by atomic mass is 79.9. The summed E-state index contributed by atoms with van der Waals surface area (Å²) in [4.78, 5) is 11.6. The Balaban J connectivity index is 2.93. The third kappa shape index (κ3) is 2.81. The van der Waals surface area contributed by atoms with Gasteiger partial charge in [0.1, 0.15) is 11.6 Å². The van der Waals surface area contributed by atoms with Gasteiger partial charge in [-0.2, -0.15) is 0 Å². The van der Waals surface area contributed by atoms with E-state index in [2.05, 4.69) is 28.6 Å². The number of benzene rings is 1. The molecule has 0 heterocycles. The van der Waals surface area contributed by atoms with Crippen molar-refractivity contribution in [1.82, 2.24) is 0 Å². The van der Waals surface area contributed by atoms with Crippen molar-refractivity contribution in [3.63, 3.8) is 0 Å². The zero-order chi connectivity index (χ0) is 9.84. The molecule has 0 bridgehead atoms. The van der Waals surface area contributed by atoms with E-state index < -0.39 is 0 Å². The number of thiol groups is 1. The van der Waals surface area contributed by atoms with Gasteiger partial charge >= 0.3 is 0 Å². The summed E-state index contributed by atoms with van der Waals surface area (Å²) in [5.41, 5.74) is 0.371. The predicted octanol–water partition coefficient (Wildman–Crippen LogP) is 2.62. The van der Waals surface area contributed by atoms with Gasteiger partial charge in [-0.25, -0.2) is 4.39 Å². The maximum absolute atomic E-state index is 13.1. The topological polar surface area (TPSA) is 17.1 Å². The highest BCUT2D eigenvalue weighted by Gasteiger charge is 2.09. The van der Waals surface area contributed by atoms with Crippen LogP contribution in [0.5, 0.6) is 0 Å². The number of carbonyl (C=O) groups is 1. The van der Waals surface area contributed by atoms with Crippen LogP contribution in [0.3, 0.4) is 0 Å². The molecule has 0 amide bonds. The maximum atomic E-state index is 13.1. The molecule has 0 saturated carbocycles. The summed E-state index contributed by atoms with van der Waals surface area (Å²) in [5.74, 6) is -0.429. The van der Waals surface area contributed by atoms with Crippen molar-refractivity contribution in [3.05, 3.63) is 29.6 Å². The van der Waals surface area contributed by atoms with Crippen LogP contribution in [0, 0.1) is 5.82 Å². The van der Waals surface area contributed by atoms with E-state index in [4.69, 9.17) is 0 Å². The SMILES string of the molecule is O=C(CBr)Cc1c(F)cccc1S. The molecule has 0 fully saturated rings. The van der Waals surface area contributed by atoms with Gasteiger partial charge in [0.15, 0.2) is 0 Å². The van der Waals surface area contributed by atoms with Crippen LogP contribution in [0.15, 0.2) is 23.1 Å². The number of alkyl halides is 1. The van der Waals surface area contributed by atoms with Gasteiger partial charge in [-0.05, 0) is 12.1 Å². The molecule has 0 atom stereocenters. The molecule has 1 nitrogen and oxygen atoms in total. The Morgan fingerprint density at radius 2 is 2.23 bits per heavy atom. The minimum Gasteiger partial charge on any atom is -0.298 e. The molecule has 1 aromatic rings. The second kappa shape index (κ2) is 4.77. The summed E-state index contributed by atoms with van der Waals surface area (Å²) in [5, 5.41) is 0.245. The van der Waals surface area contributed by atoms with Crippen molar-refractivity contribution in [1.29, 1.82) is 0 Å². The minimum absolute atomic E-state index is 0.0552. The molecule has 13 heavy (non-hydrogen) atoms. The third-order valence-corrected chi connectivity index (χ3v) is 2.66. The lowest BCUT2D eigenvalue weighted by Crippen LogP contribution is -2.06. The average molecular weight is 263 g/mol. The van der Waals surface area contributed by atoms with E-state index in [1.807, 2.05) is 0 Å². The van der Waals surface area contributed by atoms with Gasteiger partial charge in [0.25, 0.3) is 0 Å². The van der Waals surface area contributed by atoms with Gasteiger partial charge in [0.05, 0.1) is 5.33 Å². The van der Waals surface area contributed by atoms with E-state index in [9.17, 15) is 9.18 Å². The number of halogens is 2. The van der Waals surface area contributed by atoms with Crippen LogP contribution in [0.4, 0.5) is 4.39 Å². The van der Waals surface area contributed by atoms with Crippen LogP contribution >= 0.6 is 28.6 Å². The number of carbonyl (C=O) groups excluding carboxylic acids is 1. The van der Waals surface area contributed by atoms with Crippen LogP contribution in [0.2, 0.25) is 0 Å². The Morgan fingerprint density at radius 1 is 1.54 bits per heavy atom. The molecule has 4 heteroatoms. The Morgan fingerprint density at radius 3 is 2.77 bits per heavy atom. The van der Waals surface area contributed by atoms with E-state index in [1.165, 1.54) is 6.07 Å². The van der Waals surface area contributed by atoms with E-state index in [0.717, 1.165) is 0 Å². The molecule has 0 saturated heterocycles. The van der Waals surface area contributed by atoms with E-state index >= 15 is 0 Å². The average Bonchev–Trinajstić information content (AvgIpc) is 2.11. The molecular weight excluding hydrogens is 255 g/mol. The smallest absolute Gasteiger partial charge is 0.147 e. The molecule has 0 aliphatic rings. The Hall–Kier alpha value is -0.350. The molecular formula is C9H8BrFOS. The van der Waals surface area contributed by atoms with Crippen LogP contribution < -0.4 is 0 Å². The van der Waals surface area contributed by atoms with Gasteiger partial charge < -0.3 is 0 Å². The third-order valence-electron chi connectivity index (χ3n) is 1.62. The molecule has 0 radical (unpaired) electrons. The van der Waals surface area contributed by atoms with Gasteiger partial charge in [0.2, 0.25) is 0 Å². The quantitative estimate of drug-likeness (QED) is 0.655. The Kier molecular flexibility index (Phi) is 3.93. The molecule has 0 aromatic heterocycles. The second-order valence-electron chi connectivity index (χ2n) is 2.59. The van der Waals surface area contributed by atoms with Crippen molar-refractivity contribution in [2.45, 2.75) is 11.3 Å². The first-order valence-electron chi connectivity index (χ1n) is 3.69. The van der Waals surface area contributed by atoms with Crippen molar-refractivity contribution in [2.24, 2.45) is 0 Å². The van der Waals surface area contributed by atoms with Crippen molar-refractivity contribution in [2.75, 3.05) is 5.33 Å². The van der Waals surface area contributed by atoms with Crippen molar-refractivity contribution < 1.29 is 9.18 Å². The first kappa shape index (κ1) is 10.7. The number of hydrogen-bond acceptors (Lipinski definition) is 2. The van der Waals surface area contributed by atoms with Gasteiger partial charge in [-0.3, -0.25) is 4.79 Å². The normalized spacial score (nSPS) is 10.1. The highest BCUT2D eigenvalue weighted by molar-refractivity contribution is 9.09. The first-order chi connectivity index (χ1) is 6.15. The molecule has 0 spiro atoms. The molecule has 70 valence electrons. The Bertz CT molecular complexity index is 307. The fraction of sp³-hybridized carbons (Fsp3) is 0.222. The van der Waals surface area contributed by atoms with E-state index in [0.29, 0.717) is 10.5 Å². The molecule has 0 N–H and O–H groups in total. The zero-order valence-electron chi connectivity index (χ0n) is 6.76. The fourth-order valence-corrected chi connectivity index (χ4v) is 1.44. The van der Waals surface area contributed by atoms with Gasteiger partial charge in [-0.1, -0.05) is 22.0 Å². The summed E-state index contributed by atoms with van der Waals surface area (Å²) >= 11 is 7.10. The van der Waals surface area contributed by atoms with Gasteiger partial charge in [-0.15, -0.1) is 12.6 Å². The molecule has 0 aliphatic heterocycles. The van der Waals surface area contributed by atoms with Crippen LogP contribution in [-0.4, -0.2) is 11.1 Å². The number of hydrogen-bond donors (Lipinski definition) is 1. The van der Waals surface area contributed by atoms with Crippen LogP contribution in [0.1, 0.15) is 5.56 Å². The molecule has 1 aromatic carbocycles. The summed E-state index contributed by atoms with van der Waals surface area (Å²) in [6, 6.07) is 4.57. The highest BCUT2D eigenvalue weighted by Crippen LogP contribution is 2.18. The lowest BCUT2D eigenvalue weighted by molar-refractivity contribution is -0.115. The first-order valence-corrected chi connectivity index (χ1v) is 5.26. The van der Waals surface area contributed by atoms with Gasteiger partial charge in [0, 0.05) is 16.9 Å². The molecule has 1 rings (SSSR count). The summed E-state index contributed by atoms with van der Waals surface area (Å²) in [6.45, 7) is 0. The largest absolute Gasteiger partial charge is 0.298 e. The van der Waals surface area contributed by atoms with Crippen molar-refractivity contribution >= 4 is 34.3 Å². The Labute approximate surface area is 89.9 Å². The number of ketones is 1. The van der Waals surface area contributed by atoms with Crippen LogP contribution in [0.25, 0.3) is 0 Å². The van der Waals surface area contributed by atoms with Crippen molar-refractivity contribution in [3.8, 4) is 0 Å². The lowest BCUT2D eigenvalue weighted by atomic mass is 10.1. The molecule has 0 unspecified atom stereocenters. The monoisotopic (exact) mass is 262 g/mol. The van der Waals surface area contributed by atoms with Crippen LogP contribution in [-0.2, 0) is 11.2 Å². The van der Waals surface area contributed by atoms with E-state index in [-0.39, 0.29) is 23.4 Å². The summed E-state index contributed by atoms with van der Waals surface area (Å²) in [7, 11) is 0. The fourth-order valence-electron chi connectivity index (χ4n) is 0.967. The second-order valence-corrected chi connectivity index (χ2v) is 3.63.